The highest BCUT2D eigenvalue weighted by atomic mass is 16.5. The molecule has 2 unspecified atom stereocenters. The average Bonchev–Trinajstić information content (AvgIpc) is 2.02. The van der Waals surface area contributed by atoms with Gasteiger partial charge in [0.2, 0.25) is 0 Å². The Kier molecular flexibility index (Phi) is 2.10. The van der Waals surface area contributed by atoms with Crippen LogP contribution in [0.15, 0.2) is 0 Å². The van der Waals surface area contributed by atoms with Gasteiger partial charge in [0, 0.05) is 13.2 Å². The molecule has 0 aromatic carbocycles. The SMILES string of the molecule is CC1(C)CNC2COCCC2O1. The molecule has 3 heteroatoms. The smallest absolute Gasteiger partial charge is 0.0780 e. The monoisotopic (exact) mass is 171 g/mol. The van der Waals surface area contributed by atoms with E-state index in [1.807, 2.05) is 0 Å². The summed E-state index contributed by atoms with van der Waals surface area (Å²) in [6.07, 6.45) is 1.39. The van der Waals surface area contributed by atoms with Crippen LogP contribution in [0.5, 0.6) is 0 Å². The molecule has 0 amide bonds. The summed E-state index contributed by atoms with van der Waals surface area (Å²) in [4.78, 5) is 0. The number of hydrogen-bond acceptors (Lipinski definition) is 3. The van der Waals surface area contributed by atoms with Gasteiger partial charge in [-0.1, -0.05) is 0 Å². The number of nitrogens with one attached hydrogen (secondary N) is 1. The first kappa shape index (κ1) is 8.48. The molecular formula is C9H17NO2. The maximum atomic E-state index is 5.94. The topological polar surface area (TPSA) is 30.5 Å². The molecule has 70 valence electrons. The fourth-order valence-corrected chi connectivity index (χ4v) is 1.88. The molecule has 2 rings (SSSR count). The predicted molar refractivity (Wildman–Crippen MR) is 46.2 cm³/mol. The van der Waals surface area contributed by atoms with Crippen LogP contribution < -0.4 is 5.32 Å². The van der Waals surface area contributed by atoms with Gasteiger partial charge in [-0.05, 0) is 20.3 Å². The summed E-state index contributed by atoms with van der Waals surface area (Å²) < 4.78 is 11.3. The Morgan fingerprint density at radius 2 is 2.25 bits per heavy atom. The van der Waals surface area contributed by atoms with Gasteiger partial charge in [0.05, 0.1) is 24.4 Å². The van der Waals surface area contributed by atoms with Crippen LogP contribution in [-0.2, 0) is 9.47 Å². The van der Waals surface area contributed by atoms with E-state index in [1.54, 1.807) is 0 Å². The maximum Gasteiger partial charge on any atom is 0.0780 e. The molecule has 1 N–H and O–H groups in total. The third-order valence-electron chi connectivity index (χ3n) is 2.55. The van der Waals surface area contributed by atoms with E-state index >= 15 is 0 Å². The van der Waals surface area contributed by atoms with Crippen molar-refractivity contribution in [1.29, 1.82) is 0 Å². The van der Waals surface area contributed by atoms with Gasteiger partial charge in [-0.3, -0.25) is 0 Å². The second-order valence-electron chi connectivity index (χ2n) is 4.27. The molecule has 2 fully saturated rings. The number of morpholine rings is 1. The van der Waals surface area contributed by atoms with Crippen LogP contribution in [0.25, 0.3) is 0 Å². The second kappa shape index (κ2) is 2.98. The van der Waals surface area contributed by atoms with Gasteiger partial charge in [0.25, 0.3) is 0 Å². The Balaban J connectivity index is 1.99. The molecule has 0 aromatic heterocycles. The zero-order valence-electron chi connectivity index (χ0n) is 7.80. The Bertz CT molecular complexity index is 170. The first-order valence-corrected chi connectivity index (χ1v) is 4.66. The zero-order chi connectivity index (χ0) is 8.60. The summed E-state index contributed by atoms with van der Waals surface area (Å²) in [5.41, 5.74) is -0.00148. The molecule has 2 saturated heterocycles. The fraction of sp³-hybridized carbons (Fsp3) is 1.00. The number of rotatable bonds is 0. The number of hydrogen-bond donors (Lipinski definition) is 1. The van der Waals surface area contributed by atoms with E-state index in [4.69, 9.17) is 9.47 Å². The molecule has 0 radical (unpaired) electrons. The van der Waals surface area contributed by atoms with Gasteiger partial charge in [0.15, 0.2) is 0 Å². The highest BCUT2D eigenvalue weighted by molar-refractivity contribution is 4.90. The first-order valence-electron chi connectivity index (χ1n) is 4.66. The van der Waals surface area contributed by atoms with Crippen LogP contribution in [0.3, 0.4) is 0 Å². The van der Waals surface area contributed by atoms with E-state index < -0.39 is 0 Å². The van der Waals surface area contributed by atoms with Crippen LogP contribution in [0.1, 0.15) is 20.3 Å². The summed E-state index contributed by atoms with van der Waals surface area (Å²) >= 11 is 0. The third kappa shape index (κ3) is 1.63. The molecule has 2 heterocycles. The summed E-state index contributed by atoms with van der Waals surface area (Å²) in [6.45, 7) is 6.84. The van der Waals surface area contributed by atoms with Gasteiger partial charge in [0.1, 0.15) is 0 Å². The van der Waals surface area contributed by atoms with Crippen LogP contribution in [0.4, 0.5) is 0 Å². The van der Waals surface area contributed by atoms with Crippen molar-refractivity contribution in [3.8, 4) is 0 Å². The Morgan fingerprint density at radius 3 is 3.08 bits per heavy atom. The predicted octanol–water partition coefficient (Wildman–Crippen LogP) is 0.542. The minimum Gasteiger partial charge on any atom is -0.380 e. The zero-order valence-corrected chi connectivity index (χ0v) is 7.80. The van der Waals surface area contributed by atoms with Gasteiger partial charge in [-0.25, -0.2) is 0 Å². The Hall–Kier alpha value is -0.120. The highest BCUT2D eigenvalue weighted by Crippen LogP contribution is 2.23. The quantitative estimate of drug-likeness (QED) is 0.577. The molecule has 0 saturated carbocycles. The third-order valence-corrected chi connectivity index (χ3v) is 2.55. The first-order chi connectivity index (χ1) is 5.67. The van der Waals surface area contributed by atoms with Crippen LogP contribution >= 0.6 is 0 Å². The standard InChI is InChI=1S/C9H17NO2/c1-9(2)6-10-7-5-11-4-3-8(7)12-9/h7-8,10H,3-6H2,1-2H3. The van der Waals surface area contributed by atoms with Crippen molar-refractivity contribution < 1.29 is 9.47 Å². The maximum absolute atomic E-state index is 5.94. The van der Waals surface area contributed by atoms with E-state index in [0.29, 0.717) is 12.1 Å². The van der Waals surface area contributed by atoms with Crippen LogP contribution in [-0.4, -0.2) is 37.5 Å². The van der Waals surface area contributed by atoms with Crippen molar-refractivity contribution in [2.45, 2.75) is 38.0 Å². The van der Waals surface area contributed by atoms with Gasteiger partial charge < -0.3 is 14.8 Å². The van der Waals surface area contributed by atoms with Crippen molar-refractivity contribution in [2.75, 3.05) is 19.8 Å². The minimum absolute atomic E-state index is 0.00148. The highest BCUT2D eigenvalue weighted by Gasteiger charge is 2.36. The van der Waals surface area contributed by atoms with Crippen molar-refractivity contribution in [3.63, 3.8) is 0 Å². The molecule has 0 spiro atoms. The lowest BCUT2D eigenvalue weighted by molar-refractivity contribution is -0.152. The van der Waals surface area contributed by atoms with Gasteiger partial charge in [-0.2, -0.15) is 0 Å². The van der Waals surface area contributed by atoms with Crippen molar-refractivity contribution in [2.24, 2.45) is 0 Å². The lowest BCUT2D eigenvalue weighted by atomic mass is 9.99. The van der Waals surface area contributed by atoms with E-state index in [2.05, 4.69) is 19.2 Å². The lowest BCUT2D eigenvalue weighted by Gasteiger charge is -2.44. The van der Waals surface area contributed by atoms with Crippen molar-refractivity contribution >= 4 is 0 Å². The minimum atomic E-state index is -0.00148. The van der Waals surface area contributed by atoms with E-state index in [-0.39, 0.29) is 5.60 Å². The van der Waals surface area contributed by atoms with Crippen LogP contribution in [0, 0.1) is 0 Å². The summed E-state index contributed by atoms with van der Waals surface area (Å²) in [5, 5.41) is 3.46. The normalized spacial score (nSPS) is 40.5. The van der Waals surface area contributed by atoms with Crippen molar-refractivity contribution in [1.82, 2.24) is 5.32 Å². The summed E-state index contributed by atoms with van der Waals surface area (Å²) in [6, 6.07) is 0.423. The van der Waals surface area contributed by atoms with E-state index in [9.17, 15) is 0 Å². The van der Waals surface area contributed by atoms with Crippen molar-refractivity contribution in [3.05, 3.63) is 0 Å². The average molecular weight is 171 g/mol. The summed E-state index contributed by atoms with van der Waals surface area (Å²) in [5.74, 6) is 0. The number of ether oxygens (including phenoxy) is 2. The van der Waals surface area contributed by atoms with Crippen LogP contribution in [0.2, 0.25) is 0 Å². The molecule has 12 heavy (non-hydrogen) atoms. The lowest BCUT2D eigenvalue weighted by Crippen LogP contribution is -2.60. The van der Waals surface area contributed by atoms with E-state index in [0.717, 1.165) is 26.2 Å². The van der Waals surface area contributed by atoms with Gasteiger partial charge >= 0.3 is 0 Å². The van der Waals surface area contributed by atoms with Gasteiger partial charge in [-0.15, -0.1) is 0 Å². The molecule has 2 aliphatic rings. The number of fused-ring (bicyclic) bond motifs is 1. The summed E-state index contributed by atoms with van der Waals surface area (Å²) in [7, 11) is 0. The molecule has 0 aromatic rings. The fourth-order valence-electron chi connectivity index (χ4n) is 1.88. The molecule has 0 aliphatic carbocycles. The molecule has 2 atom stereocenters. The largest absolute Gasteiger partial charge is 0.380 e. The molecule has 0 bridgehead atoms. The Labute approximate surface area is 73.4 Å². The molecule has 2 aliphatic heterocycles. The second-order valence-corrected chi connectivity index (χ2v) is 4.27. The molecular weight excluding hydrogens is 154 g/mol. The molecule has 3 nitrogen and oxygen atoms in total. The Morgan fingerprint density at radius 1 is 1.42 bits per heavy atom. The van der Waals surface area contributed by atoms with E-state index in [1.165, 1.54) is 0 Å².